The van der Waals surface area contributed by atoms with Gasteiger partial charge in [-0.25, -0.2) is 4.98 Å². The Morgan fingerprint density at radius 1 is 1.40 bits per heavy atom. The predicted octanol–water partition coefficient (Wildman–Crippen LogP) is 2.56. The zero-order valence-corrected chi connectivity index (χ0v) is 11.6. The van der Waals surface area contributed by atoms with Crippen molar-refractivity contribution in [1.82, 2.24) is 9.55 Å². The van der Waals surface area contributed by atoms with Crippen molar-refractivity contribution in [2.45, 2.75) is 38.3 Å². The Hall–Kier alpha value is -2.04. The maximum atomic E-state index is 12.1. The summed E-state index contributed by atoms with van der Waals surface area (Å²) in [5.74, 6) is 0.506. The molecule has 1 aromatic heterocycles. The summed E-state index contributed by atoms with van der Waals surface area (Å²) in [6.45, 7) is 0.202. The van der Waals surface area contributed by atoms with Crippen LogP contribution in [0.1, 0.15) is 25.7 Å². The summed E-state index contributed by atoms with van der Waals surface area (Å²) in [6.07, 6.45) is 4.42. The summed E-state index contributed by atoms with van der Waals surface area (Å²) >= 11 is 0. The fraction of sp³-hybridized carbons (Fsp3) is 0.467. The number of benzene rings is 1. The van der Waals surface area contributed by atoms with Gasteiger partial charge in [-0.2, -0.15) is 0 Å². The molecule has 0 unspecified atom stereocenters. The highest BCUT2D eigenvalue weighted by molar-refractivity contribution is 5.81. The Bertz CT molecular complexity index is 615. The molecule has 1 heterocycles. The van der Waals surface area contributed by atoms with Gasteiger partial charge in [0.2, 0.25) is 5.95 Å². The molecular formula is C15H19N3O2. The standard InChI is InChI=1S/C15H19N3O2/c1-16-15-17-12-8-4-5-9-13(12)18(15)10-14(19)20-11-6-2-3-7-11/h4-5,8-9,11H,2-3,6-7,10H2,1H3,(H,16,17). The number of para-hydroxylation sites is 2. The molecule has 3 rings (SSSR count). The number of aromatic nitrogens is 2. The Labute approximate surface area is 117 Å². The van der Waals surface area contributed by atoms with E-state index < -0.39 is 0 Å². The fourth-order valence-corrected chi connectivity index (χ4v) is 2.78. The number of nitrogens with one attached hydrogen (secondary N) is 1. The molecule has 106 valence electrons. The summed E-state index contributed by atoms with van der Waals surface area (Å²) in [6, 6.07) is 7.79. The topological polar surface area (TPSA) is 56.2 Å². The van der Waals surface area contributed by atoms with Gasteiger partial charge in [0.1, 0.15) is 12.6 Å². The molecule has 5 nitrogen and oxygen atoms in total. The fourth-order valence-electron chi connectivity index (χ4n) is 2.78. The number of carbonyl (C=O) groups is 1. The van der Waals surface area contributed by atoms with Gasteiger partial charge < -0.3 is 10.1 Å². The highest BCUT2D eigenvalue weighted by Gasteiger charge is 2.20. The van der Waals surface area contributed by atoms with Crippen molar-refractivity contribution in [2.24, 2.45) is 0 Å². The van der Waals surface area contributed by atoms with Gasteiger partial charge in [0, 0.05) is 7.05 Å². The third kappa shape index (κ3) is 2.48. The molecule has 0 spiro atoms. The molecule has 1 aliphatic rings. The van der Waals surface area contributed by atoms with E-state index in [-0.39, 0.29) is 18.6 Å². The van der Waals surface area contributed by atoms with E-state index in [2.05, 4.69) is 10.3 Å². The molecule has 20 heavy (non-hydrogen) atoms. The molecule has 0 bridgehead atoms. The minimum absolute atomic E-state index is 0.107. The van der Waals surface area contributed by atoms with Crippen LogP contribution in [0.3, 0.4) is 0 Å². The van der Waals surface area contributed by atoms with Gasteiger partial charge >= 0.3 is 5.97 Å². The van der Waals surface area contributed by atoms with Crippen LogP contribution < -0.4 is 5.32 Å². The quantitative estimate of drug-likeness (QED) is 0.870. The molecule has 0 atom stereocenters. The minimum Gasteiger partial charge on any atom is -0.461 e. The SMILES string of the molecule is CNc1nc2ccccc2n1CC(=O)OC1CCCC1. The Kier molecular flexibility index (Phi) is 3.58. The van der Waals surface area contributed by atoms with E-state index in [9.17, 15) is 4.79 Å². The van der Waals surface area contributed by atoms with Crippen LogP contribution in [0.2, 0.25) is 0 Å². The van der Waals surface area contributed by atoms with Crippen LogP contribution in [0, 0.1) is 0 Å². The average Bonchev–Trinajstić information content (AvgIpc) is 3.07. The van der Waals surface area contributed by atoms with Crippen LogP contribution in [0.25, 0.3) is 11.0 Å². The van der Waals surface area contributed by atoms with Gasteiger partial charge in [0.05, 0.1) is 11.0 Å². The van der Waals surface area contributed by atoms with Gasteiger partial charge in [-0.15, -0.1) is 0 Å². The van der Waals surface area contributed by atoms with Crippen LogP contribution in [0.15, 0.2) is 24.3 Å². The van der Waals surface area contributed by atoms with E-state index >= 15 is 0 Å². The van der Waals surface area contributed by atoms with Crippen LogP contribution in [-0.2, 0) is 16.1 Å². The number of imidazole rings is 1. The maximum absolute atomic E-state index is 12.1. The summed E-state index contributed by atoms with van der Waals surface area (Å²) in [7, 11) is 1.81. The number of hydrogen-bond acceptors (Lipinski definition) is 4. The zero-order chi connectivity index (χ0) is 13.9. The highest BCUT2D eigenvalue weighted by atomic mass is 16.5. The maximum Gasteiger partial charge on any atom is 0.326 e. The number of hydrogen-bond donors (Lipinski definition) is 1. The Balaban J connectivity index is 1.80. The van der Waals surface area contributed by atoms with Crippen LogP contribution >= 0.6 is 0 Å². The zero-order valence-electron chi connectivity index (χ0n) is 11.6. The lowest BCUT2D eigenvalue weighted by atomic mass is 10.3. The number of anilines is 1. The van der Waals surface area contributed by atoms with E-state index in [1.807, 2.05) is 28.8 Å². The van der Waals surface area contributed by atoms with E-state index in [0.29, 0.717) is 5.95 Å². The van der Waals surface area contributed by atoms with Gasteiger partial charge in [0.25, 0.3) is 0 Å². The summed E-state index contributed by atoms with van der Waals surface area (Å²) in [5, 5.41) is 3.03. The lowest BCUT2D eigenvalue weighted by Gasteiger charge is -2.13. The van der Waals surface area contributed by atoms with E-state index in [4.69, 9.17) is 4.74 Å². The molecule has 1 fully saturated rings. The first-order chi connectivity index (χ1) is 9.78. The highest BCUT2D eigenvalue weighted by Crippen LogP contribution is 2.22. The third-order valence-electron chi connectivity index (χ3n) is 3.77. The molecule has 1 saturated carbocycles. The Morgan fingerprint density at radius 3 is 2.90 bits per heavy atom. The van der Waals surface area contributed by atoms with Gasteiger partial charge in [0.15, 0.2) is 0 Å². The summed E-state index contributed by atoms with van der Waals surface area (Å²) in [4.78, 5) is 16.5. The van der Waals surface area contributed by atoms with Crippen LogP contribution in [-0.4, -0.2) is 28.7 Å². The lowest BCUT2D eigenvalue weighted by Crippen LogP contribution is -2.20. The average molecular weight is 273 g/mol. The first-order valence-corrected chi connectivity index (χ1v) is 7.10. The van der Waals surface area contributed by atoms with Crippen molar-refractivity contribution in [3.63, 3.8) is 0 Å². The molecule has 2 aromatic rings. The van der Waals surface area contributed by atoms with Gasteiger partial charge in [-0.3, -0.25) is 9.36 Å². The van der Waals surface area contributed by atoms with E-state index in [1.54, 1.807) is 7.05 Å². The summed E-state index contributed by atoms with van der Waals surface area (Å²) < 4.78 is 7.39. The van der Waals surface area contributed by atoms with Crippen molar-refractivity contribution in [1.29, 1.82) is 0 Å². The second-order valence-electron chi connectivity index (χ2n) is 5.16. The molecular weight excluding hydrogens is 254 g/mol. The van der Waals surface area contributed by atoms with Crippen molar-refractivity contribution in [3.05, 3.63) is 24.3 Å². The van der Waals surface area contributed by atoms with Gasteiger partial charge in [-0.05, 0) is 37.8 Å². The lowest BCUT2D eigenvalue weighted by molar-refractivity contribution is -0.149. The van der Waals surface area contributed by atoms with Gasteiger partial charge in [-0.1, -0.05) is 12.1 Å². The smallest absolute Gasteiger partial charge is 0.326 e. The molecule has 0 radical (unpaired) electrons. The molecule has 0 aliphatic heterocycles. The second kappa shape index (κ2) is 5.53. The largest absolute Gasteiger partial charge is 0.461 e. The number of rotatable bonds is 4. The first kappa shape index (κ1) is 13.0. The number of nitrogens with zero attached hydrogens (tertiary/aromatic N) is 2. The normalized spacial score (nSPS) is 15.7. The van der Waals surface area contributed by atoms with E-state index in [1.165, 1.54) is 0 Å². The molecule has 5 heteroatoms. The number of esters is 1. The molecule has 1 aliphatic carbocycles. The van der Waals surface area contributed by atoms with E-state index in [0.717, 1.165) is 36.7 Å². The number of carbonyl (C=O) groups excluding carboxylic acids is 1. The van der Waals surface area contributed by atoms with Crippen molar-refractivity contribution >= 4 is 23.0 Å². The summed E-state index contributed by atoms with van der Waals surface area (Å²) in [5.41, 5.74) is 1.82. The van der Waals surface area contributed by atoms with Crippen LogP contribution in [0.5, 0.6) is 0 Å². The van der Waals surface area contributed by atoms with Crippen molar-refractivity contribution in [3.8, 4) is 0 Å². The van der Waals surface area contributed by atoms with Crippen molar-refractivity contribution in [2.75, 3.05) is 12.4 Å². The molecule has 1 aromatic carbocycles. The number of fused-ring (bicyclic) bond motifs is 1. The minimum atomic E-state index is -0.184. The Morgan fingerprint density at radius 2 is 2.15 bits per heavy atom. The molecule has 0 saturated heterocycles. The third-order valence-corrected chi connectivity index (χ3v) is 3.77. The number of ether oxygens (including phenoxy) is 1. The molecule has 0 amide bonds. The monoisotopic (exact) mass is 273 g/mol. The second-order valence-corrected chi connectivity index (χ2v) is 5.16. The predicted molar refractivity (Wildman–Crippen MR) is 77.6 cm³/mol. The molecule has 1 N–H and O–H groups in total. The van der Waals surface area contributed by atoms with Crippen LogP contribution in [0.4, 0.5) is 5.95 Å². The van der Waals surface area contributed by atoms with Crippen molar-refractivity contribution < 1.29 is 9.53 Å². The first-order valence-electron chi connectivity index (χ1n) is 7.10.